The van der Waals surface area contributed by atoms with Gasteiger partial charge in [-0.15, -0.1) is 0 Å². The van der Waals surface area contributed by atoms with Crippen LogP contribution in [0.2, 0.25) is 0 Å². The smallest absolute Gasteiger partial charge is 0.325 e. The minimum absolute atomic E-state index is 0.196. The van der Waals surface area contributed by atoms with Crippen LogP contribution in [-0.4, -0.2) is 32.8 Å². The number of aromatic nitrogens is 2. The summed E-state index contributed by atoms with van der Waals surface area (Å²) in [5.41, 5.74) is 2.98. The van der Waals surface area contributed by atoms with E-state index >= 15 is 0 Å². The van der Waals surface area contributed by atoms with Crippen molar-refractivity contribution < 1.29 is 14.7 Å². The van der Waals surface area contributed by atoms with E-state index in [4.69, 9.17) is 5.11 Å². The summed E-state index contributed by atoms with van der Waals surface area (Å²) in [4.78, 5) is 22.7. The van der Waals surface area contributed by atoms with Gasteiger partial charge in [0.1, 0.15) is 6.04 Å². The van der Waals surface area contributed by atoms with E-state index in [1.807, 2.05) is 38.1 Å². The van der Waals surface area contributed by atoms with Crippen molar-refractivity contribution in [1.29, 1.82) is 0 Å². The minimum atomic E-state index is -1.09. The monoisotopic (exact) mass is 287 g/mol. The second kappa shape index (κ2) is 5.78. The van der Waals surface area contributed by atoms with Crippen LogP contribution in [0.25, 0.3) is 5.69 Å². The molecule has 0 aliphatic heterocycles. The van der Waals surface area contributed by atoms with Gasteiger partial charge >= 0.3 is 5.97 Å². The van der Waals surface area contributed by atoms with Gasteiger partial charge in [0.15, 0.2) is 5.69 Å². The molecule has 1 heterocycles. The molecule has 2 aromatic rings. The molecule has 0 aliphatic rings. The number of amides is 1. The van der Waals surface area contributed by atoms with E-state index in [1.165, 1.54) is 6.92 Å². The maximum Gasteiger partial charge on any atom is 0.325 e. The lowest BCUT2D eigenvalue weighted by molar-refractivity contribution is -0.138. The van der Waals surface area contributed by atoms with Gasteiger partial charge in [-0.05, 0) is 39.0 Å². The third kappa shape index (κ3) is 3.28. The highest BCUT2D eigenvalue weighted by Crippen LogP contribution is 2.13. The van der Waals surface area contributed by atoms with Gasteiger partial charge < -0.3 is 10.4 Å². The number of rotatable bonds is 4. The summed E-state index contributed by atoms with van der Waals surface area (Å²) in [6, 6.07) is 8.42. The molecule has 0 saturated heterocycles. The summed E-state index contributed by atoms with van der Waals surface area (Å²) >= 11 is 0. The molecule has 0 unspecified atom stereocenters. The molecule has 1 aromatic carbocycles. The zero-order valence-corrected chi connectivity index (χ0v) is 12.1. The predicted molar refractivity (Wildman–Crippen MR) is 77.6 cm³/mol. The van der Waals surface area contributed by atoms with E-state index in [2.05, 4.69) is 10.4 Å². The van der Waals surface area contributed by atoms with Crippen LogP contribution in [0.3, 0.4) is 0 Å². The van der Waals surface area contributed by atoms with E-state index in [1.54, 1.807) is 10.7 Å². The van der Waals surface area contributed by atoms with Crippen LogP contribution in [0.1, 0.15) is 28.7 Å². The first-order chi connectivity index (χ1) is 9.88. The molecule has 6 heteroatoms. The van der Waals surface area contributed by atoms with Gasteiger partial charge in [-0.3, -0.25) is 9.59 Å². The number of hydrogen-bond donors (Lipinski definition) is 2. The Hall–Kier alpha value is -2.63. The molecular formula is C15H17N3O3. The minimum Gasteiger partial charge on any atom is -0.480 e. The van der Waals surface area contributed by atoms with Crippen LogP contribution >= 0.6 is 0 Å². The van der Waals surface area contributed by atoms with Crippen molar-refractivity contribution in [1.82, 2.24) is 15.1 Å². The number of nitrogens with one attached hydrogen (secondary N) is 1. The third-order valence-electron chi connectivity index (χ3n) is 3.12. The fourth-order valence-corrected chi connectivity index (χ4v) is 1.87. The number of carboxylic acids is 1. The average Bonchev–Trinajstić information content (AvgIpc) is 2.81. The second-order valence-corrected chi connectivity index (χ2v) is 4.95. The Morgan fingerprint density at radius 1 is 1.24 bits per heavy atom. The number of carbonyl (C=O) groups is 2. The molecule has 0 spiro atoms. The van der Waals surface area contributed by atoms with E-state index in [0.29, 0.717) is 0 Å². The van der Waals surface area contributed by atoms with E-state index in [9.17, 15) is 9.59 Å². The number of carbonyl (C=O) groups excluding carboxylic acids is 1. The molecule has 2 rings (SSSR count). The normalized spacial score (nSPS) is 12.0. The topological polar surface area (TPSA) is 84.2 Å². The lowest BCUT2D eigenvalue weighted by Gasteiger charge is -2.07. The Bertz CT molecular complexity index is 674. The van der Waals surface area contributed by atoms with Crippen molar-refractivity contribution in [2.45, 2.75) is 26.8 Å². The molecule has 110 valence electrons. The second-order valence-electron chi connectivity index (χ2n) is 4.95. The summed E-state index contributed by atoms with van der Waals surface area (Å²) < 4.78 is 1.65. The first-order valence-electron chi connectivity index (χ1n) is 6.56. The summed E-state index contributed by atoms with van der Waals surface area (Å²) in [6.07, 6.45) is 0. The van der Waals surface area contributed by atoms with Gasteiger partial charge in [-0.25, -0.2) is 4.68 Å². The highest BCUT2D eigenvalue weighted by atomic mass is 16.4. The standard InChI is InChI=1S/C15H17N3O3/c1-9-4-6-12(7-5-9)18-10(2)8-13(17-18)14(19)16-11(3)15(20)21/h4-8,11H,1-3H3,(H,16,19)(H,20,21)/t11-/m1/s1. The fourth-order valence-electron chi connectivity index (χ4n) is 1.87. The van der Waals surface area contributed by atoms with Crippen LogP contribution in [0.15, 0.2) is 30.3 Å². The highest BCUT2D eigenvalue weighted by molar-refractivity contribution is 5.95. The molecule has 0 fully saturated rings. The number of nitrogens with zero attached hydrogens (tertiary/aromatic N) is 2. The first-order valence-corrected chi connectivity index (χ1v) is 6.56. The molecule has 0 radical (unpaired) electrons. The van der Waals surface area contributed by atoms with Crippen molar-refractivity contribution in [3.63, 3.8) is 0 Å². The fraction of sp³-hybridized carbons (Fsp3) is 0.267. The van der Waals surface area contributed by atoms with Gasteiger partial charge in [0.05, 0.1) is 5.69 Å². The quantitative estimate of drug-likeness (QED) is 0.896. The third-order valence-corrected chi connectivity index (χ3v) is 3.12. The molecule has 1 aromatic heterocycles. The maximum atomic E-state index is 12.0. The molecule has 0 aliphatic carbocycles. The van der Waals surface area contributed by atoms with E-state index < -0.39 is 17.9 Å². The van der Waals surface area contributed by atoms with Gasteiger partial charge in [0.25, 0.3) is 5.91 Å². The molecule has 21 heavy (non-hydrogen) atoms. The number of benzene rings is 1. The molecule has 1 atom stereocenters. The molecule has 0 bridgehead atoms. The van der Waals surface area contributed by atoms with E-state index in [-0.39, 0.29) is 5.69 Å². The molecule has 2 N–H and O–H groups in total. The van der Waals surface area contributed by atoms with Crippen molar-refractivity contribution in [2.75, 3.05) is 0 Å². The lowest BCUT2D eigenvalue weighted by Crippen LogP contribution is -2.38. The predicted octanol–water partition coefficient (Wildman–Crippen LogP) is 1.69. The molecule has 1 amide bonds. The summed E-state index contributed by atoms with van der Waals surface area (Å²) in [7, 11) is 0. The summed E-state index contributed by atoms with van der Waals surface area (Å²) in [5.74, 6) is -1.59. The number of aliphatic carboxylic acids is 1. The van der Waals surface area contributed by atoms with Gasteiger partial charge in [-0.2, -0.15) is 5.10 Å². The Labute approximate surface area is 122 Å². The largest absolute Gasteiger partial charge is 0.480 e. The first kappa shape index (κ1) is 14.8. The highest BCUT2D eigenvalue weighted by Gasteiger charge is 2.18. The van der Waals surface area contributed by atoms with Gasteiger partial charge in [0, 0.05) is 5.69 Å². The van der Waals surface area contributed by atoms with Crippen LogP contribution < -0.4 is 5.32 Å². The Morgan fingerprint density at radius 2 is 1.86 bits per heavy atom. The summed E-state index contributed by atoms with van der Waals surface area (Å²) in [6.45, 7) is 5.24. The van der Waals surface area contributed by atoms with Crippen molar-refractivity contribution in [3.8, 4) is 5.69 Å². The maximum absolute atomic E-state index is 12.0. The van der Waals surface area contributed by atoms with Crippen LogP contribution in [0.5, 0.6) is 0 Å². The molecular weight excluding hydrogens is 270 g/mol. The summed E-state index contributed by atoms with van der Waals surface area (Å²) in [5, 5.41) is 15.4. The Kier molecular flexibility index (Phi) is 4.07. The van der Waals surface area contributed by atoms with Gasteiger partial charge in [-0.1, -0.05) is 17.7 Å². The average molecular weight is 287 g/mol. The Morgan fingerprint density at radius 3 is 2.43 bits per heavy atom. The van der Waals surface area contributed by atoms with E-state index in [0.717, 1.165) is 16.9 Å². The number of aryl methyl sites for hydroxylation is 2. The SMILES string of the molecule is Cc1ccc(-n2nc(C(=O)N[C@H](C)C(=O)O)cc2C)cc1. The number of carboxylic acid groups (broad SMARTS) is 1. The van der Waals surface area contributed by atoms with Crippen LogP contribution in [-0.2, 0) is 4.79 Å². The van der Waals surface area contributed by atoms with Crippen LogP contribution in [0, 0.1) is 13.8 Å². The van der Waals surface area contributed by atoms with Crippen molar-refractivity contribution in [3.05, 3.63) is 47.3 Å². The zero-order valence-electron chi connectivity index (χ0n) is 12.1. The molecule has 6 nitrogen and oxygen atoms in total. The zero-order chi connectivity index (χ0) is 15.6. The van der Waals surface area contributed by atoms with Gasteiger partial charge in [0.2, 0.25) is 0 Å². The number of hydrogen-bond acceptors (Lipinski definition) is 3. The van der Waals surface area contributed by atoms with Crippen LogP contribution in [0.4, 0.5) is 0 Å². The van der Waals surface area contributed by atoms with Crippen molar-refractivity contribution >= 4 is 11.9 Å². The lowest BCUT2D eigenvalue weighted by atomic mass is 10.2. The van der Waals surface area contributed by atoms with Crippen molar-refractivity contribution in [2.24, 2.45) is 0 Å². The molecule has 0 saturated carbocycles. The Balaban J connectivity index is 2.25.